The highest BCUT2D eigenvalue weighted by Crippen LogP contribution is 2.33. The van der Waals surface area contributed by atoms with Gasteiger partial charge in [-0.25, -0.2) is 0 Å². The van der Waals surface area contributed by atoms with Crippen LogP contribution in [0.2, 0.25) is 0 Å². The molecule has 1 atom stereocenters. The number of hydrogen-bond acceptors (Lipinski definition) is 3. The van der Waals surface area contributed by atoms with Crippen LogP contribution in [0.15, 0.2) is 24.3 Å². The molecule has 0 aliphatic heterocycles. The lowest BCUT2D eigenvalue weighted by molar-refractivity contribution is -0.121. The van der Waals surface area contributed by atoms with Crippen LogP contribution in [0.1, 0.15) is 37.4 Å². The summed E-state index contributed by atoms with van der Waals surface area (Å²) < 4.78 is 28.2. The number of halogens is 2. The predicted molar refractivity (Wildman–Crippen MR) is 73.0 cm³/mol. The first kappa shape index (κ1) is 15.7. The molecule has 0 heterocycles. The molecule has 1 saturated carbocycles. The van der Waals surface area contributed by atoms with Gasteiger partial charge in [0.05, 0.1) is 6.10 Å². The van der Waals surface area contributed by atoms with Crippen molar-refractivity contribution >= 4 is 5.91 Å². The predicted octanol–water partition coefficient (Wildman–Crippen LogP) is 2.63. The number of nitrogens with one attached hydrogen (secondary N) is 1. The van der Waals surface area contributed by atoms with Gasteiger partial charge in [-0.15, -0.1) is 0 Å². The van der Waals surface area contributed by atoms with Gasteiger partial charge in [-0.3, -0.25) is 4.79 Å². The number of carbonyl (C=O) groups is 1. The van der Waals surface area contributed by atoms with Crippen molar-refractivity contribution in [2.24, 2.45) is 5.92 Å². The van der Waals surface area contributed by atoms with Gasteiger partial charge in [-0.1, -0.05) is 25.0 Å². The Morgan fingerprint density at radius 2 is 2.00 bits per heavy atom. The lowest BCUT2D eigenvalue weighted by Crippen LogP contribution is -2.28. The Labute approximate surface area is 122 Å². The average Bonchev–Trinajstić information content (AvgIpc) is 3.27. The molecule has 0 spiro atoms. The summed E-state index contributed by atoms with van der Waals surface area (Å²) in [5.74, 6) is 0.663. The van der Waals surface area contributed by atoms with Gasteiger partial charge in [-0.2, -0.15) is 8.78 Å². The van der Waals surface area contributed by atoms with Crippen LogP contribution in [-0.4, -0.2) is 24.2 Å². The second kappa shape index (κ2) is 7.36. The smallest absolute Gasteiger partial charge is 0.387 e. The van der Waals surface area contributed by atoms with E-state index in [1.165, 1.54) is 37.1 Å². The van der Waals surface area contributed by atoms with Crippen LogP contribution >= 0.6 is 0 Å². The van der Waals surface area contributed by atoms with Crippen molar-refractivity contribution in [2.75, 3.05) is 6.54 Å². The van der Waals surface area contributed by atoms with E-state index < -0.39 is 12.7 Å². The van der Waals surface area contributed by atoms with Gasteiger partial charge in [0.15, 0.2) is 0 Å². The van der Waals surface area contributed by atoms with Gasteiger partial charge in [-0.05, 0) is 30.0 Å². The van der Waals surface area contributed by atoms with Crippen LogP contribution < -0.4 is 10.1 Å². The fourth-order valence-electron chi connectivity index (χ4n) is 2.03. The van der Waals surface area contributed by atoms with Gasteiger partial charge in [0.25, 0.3) is 0 Å². The zero-order chi connectivity index (χ0) is 15.2. The zero-order valence-electron chi connectivity index (χ0n) is 11.6. The van der Waals surface area contributed by atoms with Gasteiger partial charge in [0.1, 0.15) is 5.75 Å². The molecule has 1 aliphatic rings. The summed E-state index contributed by atoms with van der Waals surface area (Å²) in [5, 5.41) is 12.6. The van der Waals surface area contributed by atoms with Crippen LogP contribution in [0.25, 0.3) is 0 Å². The molecule has 0 bridgehead atoms. The van der Waals surface area contributed by atoms with Gasteiger partial charge >= 0.3 is 6.61 Å². The van der Waals surface area contributed by atoms with Crippen molar-refractivity contribution in [3.8, 4) is 5.75 Å². The molecule has 0 saturated heterocycles. The van der Waals surface area contributed by atoms with E-state index in [9.17, 15) is 18.7 Å². The molecule has 0 aromatic heterocycles. The molecule has 1 amide bonds. The maximum Gasteiger partial charge on any atom is 0.387 e. The van der Waals surface area contributed by atoms with Crippen molar-refractivity contribution in [3.05, 3.63) is 29.8 Å². The summed E-state index contributed by atoms with van der Waals surface area (Å²) in [5.41, 5.74) is 0.541. The van der Waals surface area contributed by atoms with E-state index in [2.05, 4.69) is 10.1 Å². The number of rotatable bonds is 8. The summed E-state index contributed by atoms with van der Waals surface area (Å²) in [4.78, 5) is 11.6. The molecule has 1 aromatic rings. The largest absolute Gasteiger partial charge is 0.435 e. The normalized spacial score (nSPS) is 15.8. The maximum atomic E-state index is 12.0. The molecular weight excluding hydrogens is 280 g/mol. The third kappa shape index (κ3) is 5.67. The Kier molecular flexibility index (Phi) is 5.50. The number of ether oxygens (including phenoxy) is 1. The Morgan fingerprint density at radius 1 is 1.33 bits per heavy atom. The monoisotopic (exact) mass is 299 g/mol. The zero-order valence-corrected chi connectivity index (χ0v) is 11.6. The fourth-order valence-corrected chi connectivity index (χ4v) is 2.03. The number of carbonyl (C=O) groups excluding carboxylic acids is 1. The number of amides is 1. The number of benzene rings is 1. The summed E-state index contributed by atoms with van der Waals surface area (Å²) in [6.07, 6.45) is 2.95. The molecule has 1 aromatic carbocycles. The molecule has 1 aliphatic carbocycles. The van der Waals surface area contributed by atoms with E-state index in [-0.39, 0.29) is 18.2 Å². The highest BCUT2D eigenvalue weighted by atomic mass is 19.3. The summed E-state index contributed by atoms with van der Waals surface area (Å²) in [6, 6.07) is 5.72. The lowest BCUT2D eigenvalue weighted by Gasteiger charge is -2.13. The SMILES string of the molecule is O=C(CCC1CC1)NCC(O)c1ccc(OC(F)F)cc1. The number of hydrogen-bond donors (Lipinski definition) is 2. The second-order valence-electron chi connectivity index (χ2n) is 5.25. The summed E-state index contributed by atoms with van der Waals surface area (Å²) in [7, 11) is 0. The lowest BCUT2D eigenvalue weighted by atomic mass is 10.1. The van der Waals surface area contributed by atoms with E-state index >= 15 is 0 Å². The van der Waals surface area contributed by atoms with Gasteiger partial charge in [0, 0.05) is 13.0 Å². The standard InChI is InChI=1S/C15H19F2NO3/c16-15(17)21-12-6-4-11(5-7-12)13(19)9-18-14(20)8-3-10-1-2-10/h4-7,10,13,15,19H,1-3,8-9H2,(H,18,20). The quantitative estimate of drug-likeness (QED) is 0.776. The molecule has 6 heteroatoms. The molecule has 2 rings (SSSR count). The van der Waals surface area contributed by atoms with Crippen LogP contribution in [0, 0.1) is 5.92 Å². The van der Waals surface area contributed by atoms with Crippen LogP contribution in [0.4, 0.5) is 8.78 Å². The van der Waals surface area contributed by atoms with Crippen molar-refractivity contribution in [1.29, 1.82) is 0 Å². The van der Waals surface area contributed by atoms with Crippen molar-refractivity contribution in [2.45, 2.75) is 38.4 Å². The Bertz CT molecular complexity index is 460. The molecular formula is C15H19F2NO3. The van der Waals surface area contributed by atoms with Crippen molar-refractivity contribution < 1.29 is 23.4 Å². The summed E-state index contributed by atoms with van der Waals surface area (Å²) >= 11 is 0. The summed E-state index contributed by atoms with van der Waals surface area (Å²) in [6.45, 7) is -2.76. The highest BCUT2D eigenvalue weighted by molar-refractivity contribution is 5.75. The van der Waals surface area contributed by atoms with Crippen molar-refractivity contribution in [1.82, 2.24) is 5.32 Å². The molecule has 21 heavy (non-hydrogen) atoms. The number of aliphatic hydroxyl groups excluding tert-OH is 1. The van der Waals surface area contributed by atoms with E-state index in [0.29, 0.717) is 17.9 Å². The van der Waals surface area contributed by atoms with E-state index in [0.717, 1.165) is 6.42 Å². The first-order valence-corrected chi connectivity index (χ1v) is 7.04. The van der Waals surface area contributed by atoms with Crippen LogP contribution in [0.5, 0.6) is 5.75 Å². The minimum absolute atomic E-state index is 0.0365. The fraction of sp³-hybridized carbons (Fsp3) is 0.533. The van der Waals surface area contributed by atoms with Gasteiger partial charge < -0.3 is 15.2 Å². The second-order valence-corrected chi connectivity index (χ2v) is 5.25. The Balaban J connectivity index is 1.73. The molecule has 0 radical (unpaired) electrons. The van der Waals surface area contributed by atoms with E-state index in [1.807, 2.05) is 0 Å². The Morgan fingerprint density at radius 3 is 2.57 bits per heavy atom. The van der Waals surface area contributed by atoms with Crippen LogP contribution in [0.3, 0.4) is 0 Å². The molecule has 4 nitrogen and oxygen atoms in total. The third-order valence-corrected chi connectivity index (χ3v) is 3.46. The third-order valence-electron chi connectivity index (χ3n) is 3.46. The average molecular weight is 299 g/mol. The minimum atomic E-state index is -2.87. The minimum Gasteiger partial charge on any atom is -0.435 e. The first-order chi connectivity index (χ1) is 10.0. The van der Waals surface area contributed by atoms with Crippen molar-refractivity contribution in [3.63, 3.8) is 0 Å². The molecule has 1 fully saturated rings. The number of aliphatic hydroxyl groups is 1. The first-order valence-electron chi connectivity index (χ1n) is 7.04. The van der Waals surface area contributed by atoms with Crippen LogP contribution in [-0.2, 0) is 4.79 Å². The molecule has 1 unspecified atom stereocenters. The van der Waals surface area contributed by atoms with E-state index in [1.54, 1.807) is 0 Å². The maximum absolute atomic E-state index is 12.0. The topological polar surface area (TPSA) is 58.6 Å². The highest BCUT2D eigenvalue weighted by Gasteiger charge is 2.21. The van der Waals surface area contributed by atoms with E-state index in [4.69, 9.17) is 0 Å². The Hall–Kier alpha value is -1.69. The number of alkyl halides is 2. The van der Waals surface area contributed by atoms with Gasteiger partial charge in [0.2, 0.25) is 5.91 Å². The molecule has 2 N–H and O–H groups in total. The molecule has 116 valence electrons.